The first-order valence-corrected chi connectivity index (χ1v) is 9.57. The van der Waals surface area contributed by atoms with Crippen molar-refractivity contribution in [3.8, 4) is 11.4 Å². The Morgan fingerprint density at radius 1 is 0.885 bits per heavy atom. The van der Waals surface area contributed by atoms with Crippen LogP contribution in [0.5, 0.6) is 0 Å². The van der Waals surface area contributed by atoms with Crippen LogP contribution in [0.15, 0.2) is 30.3 Å². The number of hydrogen-bond acceptors (Lipinski definition) is 5. The number of hydrogen-bond donors (Lipinski definition) is 0. The molecule has 0 radical (unpaired) electrons. The van der Waals surface area contributed by atoms with E-state index in [1.807, 2.05) is 22.7 Å². The van der Waals surface area contributed by atoms with Crippen LogP contribution in [-0.4, -0.2) is 57.7 Å². The number of rotatable bonds is 2. The Labute approximate surface area is 153 Å². The van der Waals surface area contributed by atoms with Gasteiger partial charge in [-0.25, -0.2) is 4.98 Å². The van der Waals surface area contributed by atoms with Crippen molar-refractivity contribution in [3.05, 3.63) is 41.6 Å². The van der Waals surface area contributed by atoms with E-state index in [1.54, 1.807) is 0 Å². The van der Waals surface area contributed by atoms with Crippen molar-refractivity contribution in [1.29, 1.82) is 0 Å². The highest BCUT2D eigenvalue weighted by Gasteiger charge is 2.26. The summed E-state index contributed by atoms with van der Waals surface area (Å²) in [6.45, 7) is 4.23. The molecule has 6 heteroatoms. The second-order valence-electron chi connectivity index (χ2n) is 7.37. The number of aryl methyl sites for hydroxylation is 1. The van der Waals surface area contributed by atoms with Gasteiger partial charge in [-0.2, -0.15) is 9.50 Å². The predicted molar refractivity (Wildman–Crippen MR) is 103 cm³/mol. The summed E-state index contributed by atoms with van der Waals surface area (Å²) in [7, 11) is 2.19. The average Bonchev–Trinajstić information content (AvgIpc) is 3.11. The lowest BCUT2D eigenvalue weighted by atomic mass is 9.96. The van der Waals surface area contributed by atoms with Gasteiger partial charge < -0.3 is 9.80 Å². The fourth-order valence-electron chi connectivity index (χ4n) is 4.07. The summed E-state index contributed by atoms with van der Waals surface area (Å²) in [5.74, 6) is 2.72. The van der Waals surface area contributed by atoms with Crippen LogP contribution in [0.2, 0.25) is 0 Å². The van der Waals surface area contributed by atoms with Crippen LogP contribution in [0.4, 0.5) is 5.82 Å². The lowest BCUT2D eigenvalue weighted by molar-refractivity contribution is 0.311. The molecule has 1 saturated heterocycles. The highest BCUT2D eigenvalue weighted by atomic mass is 15.4. The van der Waals surface area contributed by atoms with E-state index in [9.17, 15) is 0 Å². The highest BCUT2D eigenvalue weighted by molar-refractivity contribution is 5.61. The van der Waals surface area contributed by atoms with Gasteiger partial charge in [-0.15, -0.1) is 5.10 Å². The summed E-state index contributed by atoms with van der Waals surface area (Å²) >= 11 is 0. The summed E-state index contributed by atoms with van der Waals surface area (Å²) in [6, 6.07) is 10.2. The van der Waals surface area contributed by atoms with Crippen molar-refractivity contribution in [2.75, 3.05) is 38.1 Å². The van der Waals surface area contributed by atoms with Gasteiger partial charge in [0, 0.05) is 37.3 Å². The van der Waals surface area contributed by atoms with Gasteiger partial charge >= 0.3 is 0 Å². The molecule has 1 aliphatic carbocycles. The summed E-state index contributed by atoms with van der Waals surface area (Å²) in [6.07, 6.45) is 4.61. The number of likely N-dealkylation sites (N-methyl/N-ethyl adjacent to an activating group) is 1. The molecule has 3 heterocycles. The fourth-order valence-corrected chi connectivity index (χ4v) is 4.07. The highest BCUT2D eigenvalue weighted by Crippen LogP contribution is 2.31. The van der Waals surface area contributed by atoms with Gasteiger partial charge in [0.2, 0.25) is 0 Å². The molecule has 1 aliphatic heterocycles. The Bertz CT molecular complexity index is 924. The molecule has 26 heavy (non-hydrogen) atoms. The molecule has 2 aromatic heterocycles. The van der Waals surface area contributed by atoms with Crippen LogP contribution < -0.4 is 4.90 Å². The molecule has 5 rings (SSSR count). The maximum atomic E-state index is 4.88. The second-order valence-corrected chi connectivity index (χ2v) is 7.37. The second kappa shape index (κ2) is 6.36. The van der Waals surface area contributed by atoms with Crippen LogP contribution in [-0.2, 0) is 12.8 Å². The fraction of sp³-hybridized carbons (Fsp3) is 0.450. The monoisotopic (exact) mass is 348 g/mol. The molecule has 0 amide bonds. The van der Waals surface area contributed by atoms with Crippen molar-refractivity contribution in [1.82, 2.24) is 24.5 Å². The first-order chi connectivity index (χ1) is 12.8. The topological polar surface area (TPSA) is 49.6 Å². The van der Waals surface area contributed by atoms with Crippen molar-refractivity contribution in [3.63, 3.8) is 0 Å². The standard InChI is InChI=1S/C20H24N6/c1-24-11-13-25(14-12-24)19-16-9-5-6-10-17(16)21-20-22-18(23-26(19)20)15-7-3-2-4-8-15/h2-4,7-8H,5-6,9-14H2,1H3. The van der Waals surface area contributed by atoms with Crippen molar-refractivity contribution >= 4 is 11.6 Å². The van der Waals surface area contributed by atoms with Gasteiger partial charge in [0.15, 0.2) is 5.82 Å². The first kappa shape index (κ1) is 15.8. The van der Waals surface area contributed by atoms with E-state index in [0.29, 0.717) is 0 Å². The third kappa shape index (κ3) is 2.65. The van der Waals surface area contributed by atoms with Crippen molar-refractivity contribution < 1.29 is 0 Å². The third-order valence-corrected chi connectivity index (χ3v) is 5.57. The Kier molecular flexibility index (Phi) is 3.85. The van der Waals surface area contributed by atoms with Crippen LogP contribution in [0.3, 0.4) is 0 Å². The summed E-state index contributed by atoms with van der Waals surface area (Å²) < 4.78 is 2.00. The Morgan fingerprint density at radius 2 is 1.65 bits per heavy atom. The van der Waals surface area contributed by atoms with Crippen LogP contribution in [0, 0.1) is 0 Å². The lowest BCUT2D eigenvalue weighted by Crippen LogP contribution is -2.45. The molecule has 0 unspecified atom stereocenters. The molecule has 0 atom stereocenters. The van der Waals surface area contributed by atoms with Gasteiger partial charge in [0.25, 0.3) is 5.78 Å². The number of anilines is 1. The van der Waals surface area contributed by atoms with Gasteiger partial charge in [-0.3, -0.25) is 0 Å². The minimum atomic E-state index is 0.735. The zero-order valence-corrected chi connectivity index (χ0v) is 15.2. The van der Waals surface area contributed by atoms with E-state index in [1.165, 1.54) is 29.9 Å². The number of aromatic nitrogens is 4. The van der Waals surface area contributed by atoms with Gasteiger partial charge in [-0.05, 0) is 32.7 Å². The zero-order chi connectivity index (χ0) is 17.5. The van der Waals surface area contributed by atoms with Gasteiger partial charge in [-0.1, -0.05) is 30.3 Å². The normalized spacial score (nSPS) is 18.3. The molecule has 134 valence electrons. The van der Waals surface area contributed by atoms with Gasteiger partial charge in [0.1, 0.15) is 5.82 Å². The molecule has 3 aromatic rings. The van der Waals surface area contributed by atoms with E-state index in [0.717, 1.165) is 56.2 Å². The van der Waals surface area contributed by atoms with E-state index in [-0.39, 0.29) is 0 Å². The van der Waals surface area contributed by atoms with Crippen molar-refractivity contribution in [2.45, 2.75) is 25.7 Å². The molecular weight excluding hydrogens is 324 g/mol. The van der Waals surface area contributed by atoms with Crippen LogP contribution in [0.25, 0.3) is 17.2 Å². The predicted octanol–water partition coefficient (Wildman–Crippen LogP) is 2.42. The summed E-state index contributed by atoms with van der Waals surface area (Å²) in [5.41, 5.74) is 3.66. The first-order valence-electron chi connectivity index (χ1n) is 9.57. The number of benzene rings is 1. The number of piperazine rings is 1. The maximum absolute atomic E-state index is 4.88. The quantitative estimate of drug-likeness (QED) is 0.712. The molecule has 6 nitrogen and oxygen atoms in total. The molecule has 0 spiro atoms. The van der Waals surface area contributed by atoms with E-state index in [2.05, 4.69) is 29.0 Å². The molecular formula is C20H24N6. The minimum absolute atomic E-state index is 0.735. The average molecular weight is 348 g/mol. The maximum Gasteiger partial charge on any atom is 0.254 e. The molecule has 1 aromatic carbocycles. The number of nitrogens with zero attached hydrogens (tertiary/aromatic N) is 6. The van der Waals surface area contributed by atoms with Crippen LogP contribution >= 0.6 is 0 Å². The molecule has 0 N–H and O–H groups in total. The largest absolute Gasteiger partial charge is 0.354 e. The molecule has 2 aliphatic rings. The third-order valence-electron chi connectivity index (χ3n) is 5.57. The molecule has 0 saturated carbocycles. The molecule has 0 bridgehead atoms. The number of fused-ring (bicyclic) bond motifs is 2. The minimum Gasteiger partial charge on any atom is -0.354 e. The van der Waals surface area contributed by atoms with Crippen molar-refractivity contribution in [2.24, 2.45) is 0 Å². The lowest BCUT2D eigenvalue weighted by Gasteiger charge is -2.35. The smallest absolute Gasteiger partial charge is 0.254 e. The van der Waals surface area contributed by atoms with Gasteiger partial charge in [0.05, 0.1) is 5.69 Å². The summed E-state index contributed by atoms with van der Waals surface area (Å²) in [5, 5.41) is 4.87. The molecule has 1 fully saturated rings. The SMILES string of the molecule is CN1CCN(c2c3c(nc4nc(-c5ccccc5)nn24)CCCC3)CC1. The van der Waals surface area contributed by atoms with E-state index < -0.39 is 0 Å². The Morgan fingerprint density at radius 3 is 2.46 bits per heavy atom. The Balaban J connectivity index is 1.68. The van der Waals surface area contributed by atoms with Crippen LogP contribution in [0.1, 0.15) is 24.1 Å². The Hall–Kier alpha value is -2.47. The van der Waals surface area contributed by atoms with E-state index in [4.69, 9.17) is 15.1 Å². The zero-order valence-electron chi connectivity index (χ0n) is 15.2. The van der Waals surface area contributed by atoms with E-state index >= 15 is 0 Å². The summed E-state index contributed by atoms with van der Waals surface area (Å²) in [4.78, 5) is 14.5.